The fraction of sp³-hybridized carbons (Fsp3) is 0.143. The van der Waals surface area contributed by atoms with Crippen molar-refractivity contribution in [3.8, 4) is 0 Å². The molecule has 0 spiro atoms. The topological polar surface area (TPSA) is 42.0 Å². The summed E-state index contributed by atoms with van der Waals surface area (Å²) in [5.74, 6) is -0.0776. The molecule has 1 amide bonds. The lowest BCUT2D eigenvalue weighted by molar-refractivity contribution is -0.116. The van der Waals surface area contributed by atoms with Gasteiger partial charge in [-0.15, -0.1) is 11.3 Å². The standard InChI is InChI=1S/C14H13BrN2OS/c15-13-8-12(10-19-13)3-4-14(18)17-7-5-11-2-1-6-16-9-11/h1-4,6,8-10H,5,7H2,(H,17,18). The molecule has 0 radical (unpaired) electrons. The van der Waals surface area contributed by atoms with E-state index in [-0.39, 0.29) is 5.91 Å². The number of carbonyl (C=O) groups is 1. The molecule has 1 N–H and O–H groups in total. The van der Waals surface area contributed by atoms with Crippen molar-refractivity contribution >= 4 is 39.2 Å². The Bertz CT molecular complexity index is 566. The fourth-order valence-electron chi connectivity index (χ4n) is 1.52. The SMILES string of the molecule is O=C(C=Cc1csc(Br)c1)NCCc1cccnc1. The monoisotopic (exact) mass is 336 g/mol. The zero-order valence-corrected chi connectivity index (χ0v) is 12.6. The smallest absolute Gasteiger partial charge is 0.244 e. The van der Waals surface area contributed by atoms with Gasteiger partial charge in [0.25, 0.3) is 0 Å². The van der Waals surface area contributed by atoms with Crippen molar-refractivity contribution < 1.29 is 4.79 Å². The summed E-state index contributed by atoms with van der Waals surface area (Å²) in [6, 6.07) is 5.87. The predicted molar refractivity (Wildman–Crippen MR) is 82.0 cm³/mol. The van der Waals surface area contributed by atoms with Crippen LogP contribution in [0, 0.1) is 0 Å². The van der Waals surface area contributed by atoms with Crippen LogP contribution in [0.5, 0.6) is 0 Å². The number of thiophene rings is 1. The minimum absolute atomic E-state index is 0.0776. The first-order valence-electron chi connectivity index (χ1n) is 5.83. The van der Waals surface area contributed by atoms with Crippen molar-refractivity contribution in [2.24, 2.45) is 0 Å². The van der Waals surface area contributed by atoms with Crippen LogP contribution in [-0.4, -0.2) is 17.4 Å². The molecular formula is C14H13BrN2OS. The van der Waals surface area contributed by atoms with E-state index in [0.717, 1.165) is 21.3 Å². The number of aromatic nitrogens is 1. The van der Waals surface area contributed by atoms with E-state index in [1.54, 1.807) is 29.7 Å². The highest BCUT2D eigenvalue weighted by Gasteiger charge is 1.97. The maximum Gasteiger partial charge on any atom is 0.244 e. The van der Waals surface area contributed by atoms with E-state index in [1.165, 1.54) is 0 Å². The Balaban J connectivity index is 1.74. The van der Waals surface area contributed by atoms with Crippen molar-refractivity contribution in [2.45, 2.75) is 6.42 Å². The van der Waals surface area contributed by atoms with Gasteiger partial charge in [0.1, 0.15) is 0 Å². The van der Waals surface area contributed by atoms with Gasteiger partial charge in [0.05, 0.1) is 3.79 Å². The van der Waals surface area contributed by atoms with Gasteiger partial charge >= 0.3 is 0 Å². The van der Waals surface area contributed by atoms with Crippen LogP contribution in [0.25, 0.3) is 6.08 Å². The second-order valence-corrected chi connectivity index (χ2v) is 6.21. The van der Waals surface area contributed by atoms with E-state index in [2.05, 4.69) is 26.2 Å². The molecule has 0 unspecified atom stereocenters. The maximum absolute atomic E-state index is 11.6. The normalized spacial score (nSPS) is 10.8. The van der Waals surface area contributed by atoms with E-state index >= 15 is 0 Å². The maximum atomic E-state index is 11.6. The van der Waals surface area contributed by atoms with Gasteiger partial charge in [-0.2, -0.15) is 0 Å². The molecule has 3 nitrogen and oxygen atoms in total. The molecule has 0 aliphatic rings. The van der Waals surface area contributed by atoms with Crippen LogP contribution in [0.15, 0.2) is 45.8 Å². The quantitative estimate of drug-likeness (QED) is 0.851. The lowest BCUT2D eigenvalue weighted by Gasteiger charge is -2.01. The van der Waals surface area contributed by atoms with Gasteiger partial charge in [-0.1, -0.05) is 6.07 Å². The minimum atomic E-state index is -0.0776. The van der Waals surface area contributed by atoms with Crippen molar-refractivity contribution in [1.29, 1.82) is 0 Å². The second kappa shape index (κ2) is 7.21. The third-order valence-corrected chi connectivity index (χ3v) is 3.97. The van der Waals surface area contributed by atoms with E-state index in [4.69, 9.17) is 0 Å². The number of nitrogens with one attached hydrogen (secondary N) is 1. The summed E-state index contributed by atoms with van der Waals surface area (Å²) in [5.41, 5.74) is 2.15. The highest BCUT2D eigenvalue weighted by Crippen LogP contribution is 2.21. The Morgan fingerprint density at radius 2 is 2.42 bits per heavy atom. The molecule has 0 saturated heterocycles. The lowest BCUT2D eigenvalue weighted by atomic mass is 10.2. The molecule has 0 aliphatic heterocycles. The second-order valence-electron chi connectivity index (χ2n) is 3.92. The molecule has 2 heterocycles. The van der Waals surface area contributed by atoms with Crippen LogP contribution in [0.4, 0.5) is 0 Å². The number of halogens is 1. The van der Waals surface area contributed by atoms with Gasteiger partial charge in [0.15, 0.2) is 0 Å². The first-order chi connectivity index (χ1) is 9.24. The van der Waals surface area contributed by atoms with Crippen molar-refractivity contribution in [3.05, 3.63) is 57.0 Å². The highest BCUT2D eigenvalue weighted by atomic mass is 79.9. The van der Waals surface area contributed by atoms with E-state index in [1.807, 2.05) is 29.8 Å². The number of hydrogen-bond acceptors (Lipinski definition) is 3. The van der Waals surface area contributed by atoms with Crippen LogP contribution in [0.2, 0.25) is 0 Å². The van der Waals surface area contributed by atoms with Gasteiger partial charge in [0.2, 0.25) is 5.91 Å². The average molecular weight is 337 g/mol. The van der Waals surface area contributed by atoms with Gasteiger partial charge in [-0.25, -0.2) is 0 Å². The average Bonchev–Trinajstić information content (AvgIpc) is 2.83. The fourth-order valence-corrected chi connectivity index (χ4v) is 2.66. The Morgan fingerprint density at radius 1 is 1.53 bits per heavy atom. The largest absolute Gasteiger partial charge is 0.352 e. The molecule has 0 bridgehead atoms. The van der Waals surface area contributed by atoms with Gasteiger partial charge < -0.3 is 5.32 Å². The summed E-state index contributed by atoms with van der Waals surface area (Å²) in [4.78, 5) is 15.6. The highest BCUT2D eigenvalue weighted by molar-refractivity contribution is 9.11. The molecule has 0 aromatic carbocycles. The lowest BCUT2D eigenvalue weighted by Crippen LogP contribution is -2.23. The van der Waals surface area contributed by atoms with Crippen LogP contribution < -0.4 is 5.32 Å². The molecule has 2 aromatic rings. The first kappa shape index (κ1) is 14.0. The van der Waals surface area contributed by atoms with Crippen molar-refractivity contribution in [3.63, 3.8) is 0 Å². The molecular weight excluding hydrogens is 324 g/mol. The Hall–Kier alpha value is -1.46. The van der Waals surface area contributed by atoms with Crippen LogP contribution >= 0.6 is 27.3 Å². The molecule has 0 saturated carbocycles. The number of rotatable bonds is 5. The Morgan fingerprint density at radius 3 is 3.11 bits per heavy atom. The summed E-state index contributed by atoms with van der Waals surface area (Å²) >= 11 is 4.98. The Kier molecular flexibility index (Phi) is 5.30. The summed E-state index contributed by atoms with van der Waals surface area (Å²) in [7, 11) is 0. The molecule has 2 rings (SSSR count). The minimum Gasteiger partial charge on any atom is -0.352 e. The molecule has 0 fully saturated rings. The molecule has 19 heavy (non-hydrogen) atoms. The number of nitrogens with zero attached hydrogens (tertiary/aromatic N) is 1. The summed E-state index contributed by atoms with van der Waals surface area (Å²) in [5, 5.41) is 4.84. The van der Waals surface area contributed by atoms with Crippen LogP contribution in [0.1, 0.15) is 11.1 Å². The van der Waals surface area contributed by atoms with E-state index in [0.29, 0.717) is 6.54 Å². The van der Waals surface area contributed by atoms with Crippen LogP contribution in [-0.2, 0) is 11.2 Å². The van der Waals surface area contributed by atoms with Crippen LogP contribution in [0.3, 0.4) is 0 Å². The number of amides is 1. The summed E-state index contributed by atoms with van der Waals surface area (Å²) < 4.78 is 1.06. The number of pyridine rings is 1. The summed E-state index contributed by atoms with van der Waals surface area (Å²) in [6.45, 7) is 0.613. The third kappa shape index (κ3) is 4.96. The Labute approximate surface area is 124 Å². The van der Waals surface area contributed by atoms with Crippen molar-refractivity contribution in [1.82, 2.24) is 10.3 Å². The molecule has 0 atom stereocenters. The number of carbonyl (C=O) groups excluding carboxylic acids is 1. The third-order valence-electron chi connectivity index (χ3n) is 2.45. The molecule has 0 aliphatic carbocycles. The molecule has 2 aromatic heterocycles. The molecule has 5 heteroatoms. The van der Waals surface area contributed by atoms with Gasteiger partial charge in [-0.05, 0) is 57.1 Å². The summed E-state index contributed by atoms with van der Waals surface area (Å²) in [6.07, 6.45) is 7.70. The van der Waals surface area contributed by atoms with Gasteiger partial charge in [0, 0.05) is 25.0 Å². The zero-order valence-electron chi connectivity index (χ0n) is 10.2. The zero-order chi connectivity index (χ0) is 13.5. The first-order valence-corrected chi connectivity index (χ1v) is 7.50. The van der Waals surface area contributed by atoms with Crippen molar-refractivity contribution in [2.75, 3.05) is 6.54 Å². The van der Waals surface area contributed by atoms with E-state index in [9.17, 15) is 4.79 Å². The van der Waals surface area contributed by atoms with E-state index < -0.39 is 0 Å². The number of hydrogen-bond donors (Lipinski definition) is 1. The predicted octanol–water partition coefficient (Wildman–Crippen LogP) is 3.28. The van der Waals surface area contributed by atoms with Gasteiger partial charge in [-0.3, -0.25) is 9.78 Å². The molecule has 98 valence electrons.